The Labute approximate surface area is 230 Å². The van der Waals surface area contributed by atoms with Crippen molar-refractivity contribution in [2.75, 3.05) is 0 Å². The van der Waals surface area contributed by atoms with E-state index >= 15 is 0 Å². The van der Waals surface area contributed by atoms with Crippen molar-refractivity contribution >= 4 is 0 Å². The molecule has 0 fully saturated rings. The first-order chi connectivity index (χ1) is 17.7. The molecule has 37 heavy (non-hydrogen) atoms. The summed E-state index contributed by atoms with van der Waals surface area (Å²) in [5.74, 6) is 1.06. The van der Waals surface area contributed by atoms with Crippen LogP contribution in [-0.2, 0) is 33.1 Å². The maximum Gasteiger partial charge on any atom is 0.0584 e. The topological polar surface area (TPSA) is 78.3 Å². The summed E-state index contributed by atoms with van der Waals surface area (Å²) in [6.07, 6.45) is 6.80. The molecule has 0 N–H and O–H groups in total. The van der Waals surface area contributed by atoms with Crippen LogP contribution in [0.4, 0.5) is 0 Å². The average Bonchev–Trinajstić information content (AvgIpc) is 3.43. The zero-order chi connectivity index (χ0) is 24.9. The number of hydrogen-bond acceptors (Lipinski definition) is 4. The van der Waals surface area contributed by atoms with Gasteiger partial charge in [-0.15, -0.1) is 53.6 Å². The van der Waals surface area contributed by atoms with Crippen molar-refractivity contribution < 1.29 is 20.1 Å². The third kappa shape index (κ3) is 5.42. The Morgan fingerprint density at radius 3 is 2.57 bits per heavy atom. The predicted molar refractivity (Wildman–Crippen MR) is 138 cm³/mol. The van der Waals surface area contributed by atoms with Crippen molar-refractivity contribution in [2.45, 2.75) is 19.9 Å². The van der Waals surface area contributed by atoms with Crippen LogP contribution < -0.4 is 0 Å². The molecule has 0 unspecified atom stereocenters. The van der Waals surface area contributed by atoms with Crippen LogP contribution in [0.1, 0.15) is 22.3 Å². The van der Waals surface area contributed by atoms with Gasteiger partial charge in [-0.3, -0.25) is 9.97 Å². The Balaban J connectivity index is 0.000000193. The van der Waals surface area contributed by atoms with Crippen molar-refractivity contribution in [3.63, 3.8) is 0 Å². The van der Waals surface area contributed by atoms with Crippen LogP contribution in [0.5, 0.6) is 0 Å². The molecule has 5 aromatic rings. The molecule has 6 heteroatoms. The fourth-order valence-corrected chi connectivity index (χ4v) is 4.29. The van der Waals surface area contributed by atoms with Crippen LogP contribution >= 0.6 is 0 Å². The second-order valence-corrected chi connectivity index (χ2v) is 8.40. The van der Waals surface area contributed by atoms with Crippen LogP contribution in [0, 0.1) is 41.7 Å². The van der Waals surface area contributed by atoms with E-state index in [9.17, 15) is 0 Å². The summed E-state index contributed by atoms with van der Waals surface area (Å²) in [5.41, 5.74) is 7.84. The molecule has 1 aliphatic rings. The van der Waals surface area contributed by atoms with Gasteiger partial charge in [-0.25, -0.2) is 10.5 Å². The smallest absolute Gasteiger partial charge is 0.0584 e. The summed E-state index contributed by atoms with van der Waals surface area (Å²) in [6, 6.07) is 31.8. The number of hydrogen-bond donors (Lipinski definition) is 0. The van der Waals surface area contributed by atoms with Gasteiger partial charge in [0.2, 0.25) is 0 Å². The molecule has 6 rings (SSSR count). The number of imidazole rings is 1. The normalized spacial score (nSPS) is 10.9. The molecule has 0 amide bonds. The number of aromatic nitrogens is 3. The van der Waals surface area contributed by atoms with E-state index in [1.807, 2.05) is 86.2 Å². The molecule has 1 radical (unpaired) electrons. The Morgan fingerprint density at radius 2 is 1.81 bits per heavy atom. The molecule has 2 aromatic heterocycles. The number of nitriles is 2. The summed E-state index contributed by atoms with van der Waals surface area (Å²) in [7, 11) is 0. The Morgan fingerprint density at radius 1 is 0.973 bits per heavy atom. The van der Waals surface area contributed by atoms with Crippen LogP contribution in [-0.4, -0.2) is 14.5 Å². The summed E-state index contributed by atoms with van der Waals surface area (Å²) in [6.45, 7) is 3.07. The summed E-state index contributed by atoms with van der Waals surface area (Å²) < 4.78 is 2.18. The molecule has 0 aliphatic carbocycles. The number of benzene rings is 3. The van der Waals surface area contributed by atoms with Crippen molar-refractivity contribution in [2.24, 2.45) is 0 Å². The quantitative estimate of drug-likeness (QED) is 0.213. The molecule has 1 aliphatic heterocycles. The molecule has 3 aromatic carbocycles. The summed E-state index contributed by atoms with van der Waals surface area (Å²) in [4.78, 5) is 8.82. The SMILES string of the molecule is Cc1cc(-c2[c-]c(C#N)c(C#N)cc2)ncc1-c1ccccc1.[Ir].[c-]1cccc2c1-c1nccn1CC2. The van der Waals surface area contributed by atoms with E-state index in [4.69, 9.17) is 10.5 Å². The fraction of sp³-hybridized carbons (Fsp3) is 0.0968. The summed E-state index contributed by atoms with van der Waals surface area (Å²) >= 11 is 0. The van der Waals surface area contributed by atoms with E-state index in [0.29, 0.717) is 11.1 Å². The number of aryl methyl sites for hydroxylation is 3. The molecular formula is C31H21IrN5-2. The van der Waals surface area contributed by atoms with Gasteiger partial charge in [-0.2, -0.15) is 0 Å². The van der Waals surface area contributed by atoms with Crippen molar-refractivity contribution in [3.05, 3.63) is 120 Å². The van der Waals surface area contributed by atoms with Gasteiger partial charge in [0.25, 0.3) is 0 Å². The third-order valence-electron chi connectivity index (χ3n) is 6.15. The molecule has 0 saturated carbocycles. The minimum Gasteiger partial charge on any atom is -0.371 e. The zero-order valence-electron chi connectivity index (χ0n) is 20.1. The van der Waals surface area contributed by atoms with Gasteiger partial charge in [0, 0.05) is 56.5 Å². The molecule has 0 saturated heterocycles. The number of nitrogens with zero attached hydrogens (tertiary/aromatic N) is 5. The zero-order valence-corrected chi connectivity index (χ0v) is 22.5. The second-order valence-electron chi connectivity index (χ2n) is 8.40. The van der Waals surface area contributed by atoms with Gasteiger partial charge in [0.05, 0.1) is 11.9 Å². The van der Waals surface area contributed by atoms with Crippen LogP contribution in [0.15, 0.2) is 85.3 Å². The maximum absolute atomic E-state index is 9.12. The first-order valence-corrected chi connectivity index (χ1v) is 11.6. The van der Waals surface area contributed by atoms with Crippen LogP contribution in [0.2, 0.25) is 0 Å². The minimum atomic E-state index is 0. The Hall–Kier alpha value is -4.35. The largest absolute Gasteiger partial charge is 0.371 e. The van der Waals surface area contributed by atoms with Gasteiger partial charge >= 0.3 is 0 Å². The molecule has 3 heterocycles. The number of rotatable bonds is 2. The van der Waals surface area contributed by atoms with E-state index in [-0.39, 0.29) is 25.7 Å². The fourth-order valence-electron chi connectivity index (χ4n) is 4.29. The van der Waals surface area contributed by atoms with E-state index in [0.717, 1.165) is 41.2 Å². The van der Waals surface area contributed by atoms with Gasteiger partial charge in [-0.05, 0) is 41.7 Å². The monoisotopic (exact) mass is 656 g/mol. The van der Waals surface area contributed by atoms with E-state index in [2.05, 4.69) is 32.7 Å². The van der Waals surface area contributed by atoms with Crippen molar-refractivity contribution in [1.29, 1.82) is 10.5 Å². The molecule has 0 bridgehead atoms. The van der Waals surface area contributed by atoms with E-state index in [1.54, 1.807) is 12.1 Å². The van der Waals surface area contributed by atoms with Crippen molar-refractivity contribution in [3.8, 4) is 45.9 Å². The first kappa shape index (κ1) is 25.7. The second kappa shape index (κ2) is 11.6. The van der Waals surface area contributed by atoms with Gasteiger partial charge in [-0.1, -0.05) is 42.0 Å². The van der Waals surface area contributed by atoms with Crippen molar-refractivity contribution in [1.82, 2.24) is 14.5 Å². The van der Waals surface area contributed by atoms with E-state index < -0.39 is 0 Å². The maximum atomic E-state index is 9.12. The molecule has 181 valence electrons. The van der Waals surface area contributed by atoms with Gasteiger partial charge in [0.1, 0.15) is 0 Å². The van der Waals surface area contributed by atoms with Crippen LogP contribution in [0.3, 0.4) is 0 Å². The Bertz CT molecular complexity index is 1620. The number of pyridine rings is 1. The molecule has 0 spiro atoms. The Kier molecular flexibility index (Phi) is 8.06. The first-order valence-electron chi connectivity index (χ1n) is 11.6. The van der Waals surface area contributed by atoms with Crippen LogP contribution in [0.25, 0.3) is 33.8 Å². The minimum absolute atomic E-state index is 0. The van der Waals surface area contributed by atoms with Gasteiger partial charge in [0.15, 0.2) is 0 Å². The van der Waals surface area contributed by atoms with E-state index in [1.165, 1.54) is 11.1 Å². The van der Waals surface area contributed by atoms with Gasteiger partial charge < -0.3 is 4.57 Å². The molecule has 5 nitrogen and oxygen atoms in total. The predicted octanol–water partition coefficient (Wildman–Crippen LogP) is 6.17. The standard InChI is InChI=1S/C20H12N3.C11H9N2.Ir/c1-14-9-20(16-7-8-17(11-21)18(10-16)12-22)23-13-19(14)15-5-3-2-4-6-15;1-2-4-10-9(3-1)5-7-13-8-6-12-11(10)13;/h2-9,13H,1H3;1-3,6,8H,5,7H2;/q2*-1;. The number of fused-ring (bicyclic) bond motifs is 3. The average molecular weight is 656 g/mol. The molecular weight excluding hydrogens is 635 g/mol. The molecule has 0 atom stereocenters. The third-order valence-corrected chi connectivity index (χ3v) is 6.15. The summed E-state index contributed by atoms with van der Waals surface area (Å²) in [5, 5.41) is 18.1.